The fraction of sp³-hybridized carbons (Fsp3) is 0.0769. The summed E-state index contributed by atoms with van der Waals surface area (Å²) in [4.78, 5) is 16.4. The van der Waals surface area contributed by atoms with Crippen LogP contribution in [0.3, 0.4) is 0 Å². The van der Waals surface area contributed by atoms with Crippen LogP contribution in [-0.2, 0) is 4.74 Å². The molecule has 0 saturated carbocycles. The lowest BCUT2D eigenvalue weighted by Crippen LogP contribution is -2.05. The highest BCUT2D eigenvalue weighted by Crippen LogP contribution is 2.34. The van der Waals surface area contributed by atoms with Gasteiger partial charge in [0.1, 0.15) is 10.7 Å². The molecule has 0 atom stereocenters. The van der Waals surface area contributed by atoms with Gasteiger partial charge in [-0.3, -0.25) is 0 Å². The van der Waals surface area contributed by atoms with Gasteiger partial charge in [0.05, 0.1) is 17.8 Å². The number of halogens is 1. The summed E-state index contributed by atoms with van der Waals surface area (Å²) in [7, 11) is 1.31. The van der Waals surface area contributed by atoms with E-state index in [9.17, 15) is 4.79 Å². The number of rotatable bonds is 3. The van der Waals surface area contributed by atoms with Crippen LogP contribution in [0.5, 0.6) is 0 Å². The fourth-order valence-corrected chi connectivity index (χ4v) is 2.48. The second-order valence-corrected chi connectivity index (χ2v) is 5.05. The Hall–Kier alpha value is -1.72. The quantitative estimate of drug-likeness (QED) is 0.880. The van der Waals surface area contributed by atoms with Crippen molar-refractivity contribution in [3.8, 4) is 0 Å². The number of nitrogen functional groups attached to an aromatic ring is 1. The van der Waals surface area contributed by atoms with Crippen molar-refractivity contribution in [1.82, 2.24) is 4.98 Å². The zero-order chi connectivity index (χ0) is 13.8. The molecule has 0 aliphatic heterocycles. The zero-order valence-electron chi connectivity index (χ0n) is 10.1. The topological polar surface area (TPSA) is 65.2 Å². The molecule has 1 aromatic carbocycles. The van der Waals surface area contributed by atoms with Crippen molar-refractivity contribution in [2.45, 2.75) is 9.92 Å². The highest BCUT2D eigenvalue weighted by atomic mass is 35.5. The molecule has 0 spiro atoms. The van der Waals surface area contributed by atoms with E-state index in [1.54, 1.807) is 12.1 Å². The molecule has 0 amide bonds. The lowest BCUT2D eigenvalue weighted by molar-refractivity contribution is 0.0593. The third-order valence-corrected chi connectivity index (χ3v) is 3.87. The van der Waals surface area contributed by atoms with Crippen LogP contribution in [0.15, 0.2) is 46.3 Å². The number of hydrogen-bond acceptors (Lipinski definition) is 5. The van der Waals surface area contributed by atoms with Crippen LogP contribution in [0.1, 0.15) is 10.5 Å². The van der Waals surface area contributed by atoms with Crippen molar-refractivity contribution in [3.63, 3.8) is 0 Å². The molecule has 0 fully saturated rings. The number of carbonyl (C=O) groups excluding carboxylic acids is 1. The number of hydrogen-bond donors (Lipinski definition) is 1. The smallest absolute Gasteiger partial charge is 0.356 e. The first-order valence-corrected chi connectivity index (χ1v) is 6.58. The predicted octanol–water partition coefficient (Wildman–Crippen LogP) is 3.26. The largest absolute Gasteiger partial charge is 0.464 e. The first kappa shape index (κ1) is 13.7. The molecule has 19 heavy (non-hydrogen) atoms. The monoisotopic (exact) mass is 294 g/mol. The summed E-state index contributed by atoms with van der Waals surface area (Å²) < 4.78 is 4.63. The highest BCUT2D eigenvalue weighted by molar-refractivity contribution is 7.99. The highest BCUT2D eigenvalue weighted by Gasteiger charge is 2.12. The van der Waals surface area contributed by atoms with Gasteiger partial charge in [0.2, 0.25) is 0 Å². The van der Waals surface area contributed by atoms with E-state index in [4.69, 9.17) is 17.3 Å². The van der Waals surface area contributed by atoms with Crippen molar-refractivity contribution in [2.24, 2.45) is 0 Å². The van der Waals surface area contributed by atoms with Crippen molar-refractivity contribution < 1.29 is 9.53 Å². The third kappa shape index (κ3) is 3.19. The minimum Gasteiger partial charge on any atom is -0.464 e. The average molecular weight is 295 g/mol. The second-order valence-electron chi connectivity index (χ2n) is 3.61. The van der Waals surface area contributed by atoms with Crippen LogP contribution in [-0.4, -0.2) is 18.1 Å². The van der Waals surface area contributed by atoms with Crippen molar-refractivity contribution in [2.75, 3.05) is 12.8 Å². The molecule has 2 N–H and O–H groups in total. The van der Waals surface area contributed by atoms with Crippen LogP contribution in [0.25, 0.3) is 0 Å². The number of aromatic nitrogens is 1. The van der Waals surface area contributed by atoms with Gasteiger partial charge < -0.3 is 10.5 Å². The number of carbonyl (C=O) groups is 1. The fourth-order valence-electron chi connectivity index (χ4n) is 1.38. The summed E-state index contributed by atoms with van der Waals surface area (Å²) in [6, 6.07) is 10.5. The molecular formula is C13H11ClN2O2S. The van der Waals surface area contributed by atoms with Crippen LogP contribution < -0.4 is 5.73 Å². The molecule has 0 aliphatic rings. The Bertz CT molecular complexity index is 619. The minimum absolute atomic E-state index is 0.214. The Balaban J connectivity index is 2.34. The first-order valence-electron chi connectivity index (χ1n) is 5.39. The molecule has 0 radical (unpaired) electrons. The van der Waals surface area contributed by atoms with E-state index in [2.05, 4.69) is 9.72 Å². The Labute approximate surface area is 119 Å². The van der Waals surface area contributed by atoms with E-state index in [-0.39, 0.29) is 5.69 Å². The molecule has 0 saturated heterocycles. The third-order valence-electron chi connectivity index (χ3n) is 2.33. The summed E-state index contributed by atoms with van der Waals surface area (Å²) in [5.74, 6) is -0.499. The van der Waals surface area contributed by atoms with Gasteiger partial charge in [-0.2, -0.15) is 0 Å². The summed E-state index contributed by atoms with van der Waals surface area (Å²) in [6.07, 6.45) is 0. The molecule has 1 aromatic heterocycles. The second kappa shape index (κ2) is 5.95. The number of pyridine rings is 1. The average Bonchev–Trinajstić information content (AvgIpc) is 2.42. The van der Waals surface area contributed by atoms with E-state index in [0.29, 0.717) is 15.7 Å². The van der Waals surface area contributed by atoms with Crippen molar-refractivity contribution in [1.29, 1.82) is 0 Å². The van der Waals surface area contributed by atoms with E-state index in [0.717, 1.165) is 4.90 Å². The lowest BCUT2D eigenvalue weighted by atomic mass is 10.3. The maximum atomic E-state index is 11.4. The van der Waals surface area contributed by atoms with E-state index < -0.39 is 5.97 Å². The van der Waals surface area contributed by atoms with E-state index in [1.165, 1.54) is 24.9 Å². The van der Waals surface area contributed by atoms with Crippen LogP contribution in [0.2, 0.25) is 5.02 Å². The lowest BCUT2D eigenvalue weighted by Gasteiger charge is -2.07. The zero-order valence-corrected chi connectivity index (χ0v) is 11.7. The Morgan fingerprint density at radius 2 is 2.05 bits per heavy atom. The van der Waals surface area contributed by atoms with Gasteiger partial charge in [0, 0.05) is 4.90 Å². The number of nitrogens with zero attached hydrogens (tertiary/aromatic N) is 1. The summed E-state index contributed by atoms with van der Waals surface area (Å²) in [5.41, 5.74) is 6.55. The Morgan fingerprint density at radius 1 is 1.32 bits per heavy atom. The summed E-state index contributed by atoms with van der Waals surface area (Å²) in [6.45, 7) is 0. The number of esters is 1. The maximum Gasteiger partial charge on any atom is 0.356 e. The predicted molar refractivity (Wildman–Crippen MR) is 75.6 cm³/mol. The number of ether oxygens (including phenoxy) is 1. The number of nitrogens with two attached hydrogens (primary N) is 1. The van der Waals surface area contributed by atoms with E-state index >= 15 is 0 Å². The Kier molecular flexibility index (Phi) is 4.29. The van der Waals surface area contributed by atoms with Crippen LogP contribution in [0.4, 0.5) is 5.69 Å². The number of anilines is 1. The van der Waals surface area contributed by atoms with Gasteiger partial charge in [0.15, 0.2) is 0 Å². The van der Waals surface area contributed by atoms with Gasteiger partial charge >= 0.3 is 5.97 Å². The summed E-state index contributed by atoms with van der Waals surface area (Å²) >= 11 is 7.38. The van der Waals surface area contributed by atoms with Gasteiger partial charge in [-0.15, -0.1) is 0 Å². The van der Waals surface area contributed by atoms with Gasteiger partial charge in [-0.1, -0.05) is 35.5 Å². The molecular weight excluding hydrogens is 284 g/mol. The molecule has 2 aromatic rings. The minimum atomic E-state index is -0.499. The van der Waals surface area contributed by atoms with Gasteiger partial charge in [-0.05, 0) is 24.3 Å². The Morgan fingerprint density at radius 3 is 2.74 bits per heavy atom. The SMILES string of the molecule is COC(=O)c1ccc(N)c(Sc2ccccc2Cl)n1. The van der Waals surface area contributed by atoms with Crippen molar-refractivity contribution in [3.05, 3.63) is 47.1 Å². The molecule has 98 valence electrons. The molecule has 1 heterocycles. The normalized spacial score (nSPS) is 10.2. The molecule has 6 heteroatoms. The van der Waals surface area contributed by atoms with Gasteiger partial charge in [-0.25, -0.2) is 9.78 Å². The summed E-state index contributed by atoms with van der Waals surface area (Å²) in [5, 5.41) is 1.13. The number of benzene rings is 1. The number of methoxy groups -OCH3 is 1. The molecule has 2 rings (SSSR count). The molecule has 4 nitrogen and oxygen atoms in total. The maximum absolute atomic E-state index is 11.4. The first-order chi connectivity index (χ1) is 9.11. The van der Waals surface area contributed by atoms with Crippen LogP contribution in [0, 0.1) is 0 Å². The van der Waals surface area contributed by atoms with Crippen LogP contribution >= 0.6 is 23.4 Å². The molecule has 0 bridgehead atoms. The standard InChI is InChI=1S/C13H11ClN2O2S/c1-18-13(17)10-7-6-9(15)12(16-10)19-11-5-3-2-4-8(11)14/h2-7H,15H2,1H3. The molecule has 0 aliphatic carbocycles. The van der Waals surface area contributed by atoms with E-state index in [1.807, 2.05) is 18.2 Å². The molecule has 0 unspecified atom stereocenters. The van der Waals surface area contributed by atoms with Gasteiger partial charge in [0.25, 0.3) is 0 Å². The van der Waals surface area contributed by atoms with Crippen molar-refractivity contribution >= 4 is 35.0 Å².